The lowest BCUT2D eigenvalue weighted by molar-refractivity contribution is 0.202. The number of unbranched alkanes of at least 4 members (excludes halogenated alkanes) is 1. The molecule has 252 valence electrons. The molecule has 2 amide bonds. The molecule has 3 aromatic carbocycles. The van der Waals surface area contributed by atoms with Crippen LogP contribution in [0.3, 0.4) is 0 Å². The van der Waals surface area contributed by atoms with Gasteiger partial charge in [0.1, 0.15) is 17.2 Å². The summed E-state index contributed by atoms with van der Waals surface area (Å²) in [5.74, 6) is 2.21. The Labute approximate surface area is 283 Å². The monoisotopic (exact) mass is 650 g/mol. The molecule has 48 heavy (non-hydrogen) atoms. The van der Waals surface area contributed by atoms with E-state index in [2.05, 4.69) is 46.3 Å². The van der Waals surface area contributed by atoms with Crippen molar-refractivity contribution in [2.24, 2.45) is 0 Å². The van der Waals surface area contributed by atoms with Gasteiger partial charge in [-0.1, -0.05) is 61.9 Å². The third-order valence-corrected chi connectivity index (χ3v) is 8.90. The average molecular weight is 651 g/mol. The summed E-state index contributed by atoms with van der Waals surface area (Å²) in [6.45, 7) is 7.85. The lowest BCUT2D eigenvalue weighted by Gasteiger charge is -2.33. The second kappa shape index (κ2) is 15.8. The van der Waals surface area contributed by atoms with Crippen LogP contribution in [0.4, 0.5) is 16.3 Å². The standard InChI is InChI=1S/C38H46N6O4/c1-4-5-22-48-37-39-34-27-44(26-29-10-8-28(9-11-29)23-42-20-6-7-21-42)38(45)40-35(34)36(41-37)43(24-30-12-16-32(46-2)17-13-30)25-31-14-18-33(47-3)19-15-31/h8-19H,4-7,20-27H2,1-3H3,(H,40,45). The highest BCUT2D eigenvalue weighted by Gasteiger charge is 2.30. The molecule has 0 radical (unpaired) electrons. The summed E-state index contributed by atoms with van der Waals surface area (Å²) in [7, 11) is 3.32. The van der Waals surface area contributed by atoms with Crippen LogP contribution in [0.25, 0.3) is 0 Å². The summed E-state index contributed by atoms with van der Waals surface area (Å²) < 4.78 is 16.9. The smallest absolute Gasteiger partial charge is 0.322 e. The Balaban J connectivity index is 1.29. The van der Waals surface area contributed by atoms with Gasteiger partial charge in [0.25, 0.3) is 0 Å². The Morgan fingerprint density at radius 3 is 1.90 bits per heavy atom. The second-order valence-corrected chi connectivity index (χ2v) is 12.5. The number of urea groups is 1. The van der Waals surface area contributed by atoms with E-state index in [0.29, 0.717) is 50.3 Å². The molecule has 0 unspecified atom stereocenters. The molecule has 1 aromatic heterocycles. The van der Waals surface area contributed by atoms with Gasteiger partial charge in [0, 0.05) is 26.2 Å². The van der Waals surface area contributed by atoms with Crippen molar-refractivity contribution in [3.8, 4) is 17.5 Å². The zero-order valence-electron chi connectivity index (χ0n) is 28.3. The van der Waals surface area contributed by atoms with Crippen LogP contribution >= 0.6 is 0 Å². The molecule has 1 N–H and O–H groups in total. The molecular weight excluding hydrogens is 604 g/mol. The number of hydrogen-bond donors (Lipinski definition) is 1. The van der Waals surface area contributed by atoms with E-state index >= 15 is 0 Å². The van der Waals surface area contributed by atoms with Gasteiger partial charge in [-0.15, -0.1) is 0 Å². The minimum atomic E-state index is -0.179. The summed E-state index contributed by atoms with van der Waals surface area (Å²) in [4.78, 5) is 29.9. The first kappa shape index (κ1) is 33.1. The number of methoxy groups -OCH3 is 2. The minimum absolute atomic E-state index is 0.179. The SMILES string of the molecule is CCCCOc1nc2c(c(N(Cc3ccc(OC)cc3)Cc3ccc(OC)cc3)n1)NC(=O)N(Cc1ccc(CN3CCCC3)cc1)C2. The van der Waals surface area contributed by atoms with Gasteiger partial charge < -0.3 is 29.3 Å². The zero-order valence-corrected chi connectivity index (χ0v) is 28.3. The van der Waals surface area contributed by atoms with E-state index in [9.17, 15) is 4.79 Å². The van der Waals surface area contributed by atoms with E-state index in [-0.39, 0.29) is 6.03 Å². The molecule has 0 spiro atoms. The van der Waals surface area contributed by atoms with Crippen molar-refractivity contribution in [3.63, 3.8) is 0 Å². The number of amides is 2. The van der Waals surface area contributed by atoms with E-state index in [1.807, 2.05) is 48.5 Å². The quantitative estimate of drug-likeness (QED) is 0.137. The predicted molar refractivity (Wildman–Crippen MR) is 188 cm³/mol. The van der Waals surface area contributed by atoms with Crippen molar-refractivity contribution >= 4 is 17.5 Å². The van der Waals surface area contributed by atoms with Crippen LogP contribution in [-0.2, 0) is 32.7 Å². The van der Waals surface area contributed by atoms with Gasteiger partial charge in [-0.25, -0.2) is 4.79 Å². The van der Waals surface area contributed by atoms with Crippen LogP contribution in [0.5, 0.6) is 17.5 Å². The number of carbonyl (C=O) groups is 1. The third kappa shape index (κ3) is 8.36. The number of benzene rings is 3. The summed E-state index contributed by atoms with van der Waals surface area (Å²) in [5, 5.41) is 3.16. The van der Waals surface area contributed by atoms with Gasteiger partial charge in [-0.05, 0) is 78.9 Å². The Morgan fingerprint density at radius 1 is 0.771 bits per heavy atom. The molecule has 6 rings (SSSR count). The van der Waals surface area contributed by atoms with Crippen LogP contribution in [-0.4, -0.2) is 59.7 Å². The molecular formula is C38H46N6O4. The number of carbonyl (C=O) groups excluding carboxylic acids is 1. The first-order valence-electron chi connectivity index (χ1n) is 16.9. The van der Waals surface area contributed by atoms with Crippen molar-refractivity contribution < 1.29 is 19.0 Å². The van der Waals surface area contributed by atoms with Crippen LogP contribution in [0.2, 0.25) is 0 Å². The van der Waals surface area contributed by atoms with Crippen molar-refractivity contribution in [2.75, 3.05) is 44.1 Å². The summed E-state index contributed by atoms with van der Waals surface area (Å²) >= 11 is 0. The van der Waals surface area contributed by atoms with Gasteiger partial charge >= 0.3 is 12.0 Å². The molecule has 0 atom stereocenters. The molecule has 1 saturated heterocycles. The van der Waals surface area contributed by atoms with Crippen molar-refractivity contribution in [1.82, 2.24) is 19.8 Å². The number of nitrogens with one attached hydrogen (secondary N) is 1. The number of nitrogens with zero attached hydrogens (tertiary/aromatic N) is 5. The summed E-state index contributed by atoms with van der Waals surface area (Å²) in [5.41, 5.74) is 5.86. The third-order valence-electron chi connectivity index (χ3n) is 8.90. The molecule has 10 nitrogen and oxygen atoms in total. The molecule has 0 saturated carbocycles. The van der Waals surface area contributed by atoms with Crippen LogP contribution < -0.4 is 24.4 Å². The number of fused-ring (bicyclic) bond motifs is 1. The van der Waals surface area contributed by atoms with Gasteiger partial charge in [0.2, 0.25) is 0 Å². The van der Waals surface area contributed by atoms with E-state index in [4.69, 9.17) is 24.2 Å². The van der Waals surface area contributed by atoms with Gasteiger partial charge in [-0.3, -0.25) is 4.90 Å². The number of aromatic nitrogens is 2. The molecule has 0 bridgehead atoms. The Morgan fingerprint density at radius 2 is 1.33 bits per heavy atom. The van der Waals surface area contributed by atoms with Crippen molar-refractivity contribution in [1.29, 1.82) is 0 Å². The molecule has 3 heterocycles. The number of ether oxygens (including phenoxy) is 3. The average Bonchev–Trinajstić information content (AvgIpc) is 3.63. The fourth-order valence-corrected chi connectivity index (χ4v) is 6.16. The molecule has 2 aliphatic heterocycles. The van der Waals surface area contributed by atoms with E-state index in [1.165, 1.54) is 31.5 Å². The van der Waals surface area contributed by atoms with Gasteiger partial charge in [-0.2, -0.15) is 9.97 Å². The minimum Gasteiger partial charge on any atom is -0.497 e. The van der Waals surface area contributed by atoms with E-state index < -0.39 is 0 Å². The number of likely N-dealkylation sites (tertiary alicyclic amines) is 1. The number of hydrogen-bond acceptors (Lipinski definition) is 8. The highest BCUT2D eigenvalue weighted by Crippen LogP contribution is 2.35. The fraction of sp³-hybridized carbons (Fsp3) is 0.395. The van der Waals surface area contributed by atoms with Gasteiger partial charge in [0.15, 0.2) is 5.82 Å². The second-order valence-electron chi connectivity index (χ2n) is 12.5. The molecule has 4 aromatic rings. The fourth-order valence-electron chi connectivity index (χ4n) is 6.16. The van der Waals surface area contributed by atoms with Crippen LogP contribution in [0.15, 0.2) is 72.8 Å². The molecule has 0 aliphatic carbocycles. The van der Waals surface area contributed by atoms with Crippen molar-refractivity contribution in [2.45, 2.75) is 65.3 Å². The van der Waals surface area contributed by atoms with Gasteiger partial charge in [0.05, 0.1) is 33.1 Å². The molecule has 1 fully saturated rings. The van der Waals surface area contributed by atoms with Crippen LogP contribution in [0.1, 0.15) is 60.6 Å². The maximum absolute atomic E-state index is 13.7. The lowest BCUT2D eigenvalue weighted by atomic mass is 10.1. The highest BCUT2D eigenvalue weighted by molar-refractivity contribution is 5.95. The van der Waals surface area contributed by atoms with Crippen LogP contribution in [0, 0.1) is 0 Å². The Kier molecular flexibility index (Phi) is 10.9. The zero-order chi connectivity index (χ0) is 33.3. The maximum atomic E-state index is 13.7. The normalized spacial score (nSPS) is 14.4. The highest BCUT2D eigenvalue weighted by atomic mass is 16.5. The van der Waals surface area contributed by atoms with E-state index in [1.54, 1.807) is 19.1 Å². The molecule has 2 aliphatic rings. The summed E-state index contributed by atoms with van der Waals surface area (Å²) in [6, 6.07) is 24.7. The largest absolute Gasteiger partial charge is 0.497 e. The summed E-state index contributed by atoms with van der Waals surface area (Å²) in [6.07, 6.45) is 4.45. The first-order valence-corrected chi connectivity index (χ1v) is 16.9. The van der Waals surface area contributed by atoms with E-state index in [0.717, 1.165) is 53.3 Å². The Hall–Kier alpha value is -4.83. The van der Waals surface area contributed by atoms with Crippen molar-refractivity contribution in [3.05, 3.63) is 101 Å². The first-order chi connectivity index (χ1) is 23.5. The maximum Gasteiger partial charge on any atom is 0.322 e. The lowest BCUT2D eigenvalue weighted by Crippen LogP contribution is -2.40. The Bertz CT molecular complexity index is 1590. The number of anilines is 2. The predicted octanol–water partition coefficient (Wildman–Crippen LogP) is 7.02. The topological polar surface area (TPSA) is 92.3 Å². The number of rotatable bonds is 15. The molecule has 10 heteroatoms.